The highest BCUT2D eigenvalue weighted by molar-refractivity contribution is 5.91. The van der Waals surface area contributed by atoms with Crippen LogP contribution in [0.25, 0.3) is 0 Å². The van der Waals surface area contributed by atoms with E-state index in [1.54, 1.807) is 20.8 Å². The maximum atomic E-state index is 11.9. The Balaban J connectivity index is 4.09. The first-order valence-electron chi connectivity index (χ1n) is 9.31. The van der Waals surface area contributed by atoms with Crippen molar-refractivity contribution < 1.29 is 14.7 Å². The van der Waals surface area contributed by atoms with E-state index in [0.717, 1.165) is 19.3 Å². The molecule has 0 aliphatic rings. The number of carbonyl (C=O) groups excluding carboxylic acids is 1. The number of rotatable bonds is 11. The number of nitrogens with zero attached hydrogens (tertiary/aromatic N) is 1. The van der Waals surface area contributed by atoms with Crippen molar-refractivity contribution in [3.63, 3.8) is 0 Å². The molecule has 0 radical (unpaired) electrons. The van der Waals surface area contributed by atoms with E-state index in [1.165, 1.54) is 44.9 Å². The molecule has 0 aromatic carbocycles. The van der Waals surface area contributed by atoms with Gasteiger partial charge in [-0.1, -0.05) is 70.4 Å². The van der Waals surface area contributed by atoms with Crippen molar-refractivity contribution in [2.24, 2.45) is 16.5 Å². The lowest BCUT2D eigenvalue weighted by Crippen LogP contribution is -2.29. The molecule has 4 nitrogen and oxygen atoms in total. The summed E-state index contributed by atoms with van der Waals surface area (Å²) in [6.07, 6.45) is 11.9. The zero-order valence-corrected chi connectivity index (χ0v) is 15.9. The first-order valence-corrected chi connectivity index (χ1v) is 9.31. The van der Waals surface area contributed by atoms with E-state index in [0.29, 0.717) is 0 Å². The van der Waals surface area contributed by atoms with Crippen molar-refractivity contribution >= 4 is 11.9 Å². The minimum Gasteiger partial charge on any atom is -0.408 e. The van der Waals surface area contributed by atoms with Crippen LogP contribution in [-0.2, 0) is 9.53 Å². The fourth-order valence-corrected chi connectivity index (χ4v) is 2.46. The molecule has 1 atom stereocenters. The van der Waals surface area contributed by atoms with E-state index < -0.39 is 5.41 Å². The second kappa shape index (κ2) is 12.4. The van der Waals surface area contributed by atoms with Crippen molar-refractivity contribution in [3.05, 3.63) is 0 Å². The first-order chi connectivity index (χ1) is 10.9. The van der Waals surface area contributed by atoms with E-state index in [1.807, 2.05) is 6.92 Å². The summed E-state index contributed by atoms with van der Waals surface area (Å²) in [6, 6.07) is 0. The third-order valence-corrected chi connectivity index (χ3v) is 4.16. The molecule has 0 aliphatic heterocycles. The Kier molecular flexibility index (Phi) is 11.8. The Morgan fingerprint density at radius 1 is 1.00 bits per heavy atom. The van der Waals surface area contributed by atoms with Crippen LogP contribution in [0, 0.1) is 11.3 Å². The molecule has 0 fully saturated rings. The van der Waals surface area contributed by atoms with Crippen LogP contribution in [0.2, 0.25) is 0 Å². The predicted octanol–water partition coefficient (Wildman–Crippen LogP) is 5.92. The minimum atomic E-state index is -0.591. The van der Waals surface area contributed by atoms with Crippen LogP contribution < -0.4 is 0 Å². The SMILES string of the molecule is CCCCCCCCCCC(CC)C(=NO)OC(=O)C(C)(C)C. The normalized spacial score (nSPS) is 13.9. The van der Waals surface area contributed by atoms with Crippen LogP contribution >= 0.6 is 0 Å². The summed E-state index contributed by atoms with van der Waals surface area (Å²) in [5, 5.41) is 12.4. The van der Waals surface area contributed by atoms with E-state index in [9.17, 15) is 10.0 Å². The van der Waals surface area contributed by atoms with E-state index in [2.05, 4.69) is 12.1 Å². The Bertz CT molecular complexity index is 345. The maximum Gasteiger partial charge on any atom is 0.317 e. The summed E-state index contributed by atoms with van der Waals surface area (Å²) >= 11 is 0. The monoisotopic (exact) mass is 327 g/mol. The van der Waals surface area contributed by atoms with Gasteiger partial charge in [-0.25, -0.2) is 0 Å². The average Bonchev–Trinajstić information content (AvgIpc) is 2.50. The van der Waals surface area contributed by atoms with Gasteiger partial charge in [0.2, 0.25) is 5.90 Å². The first kappa shape index (κ1) is 21.9. The summed E-state index contributed by atoms with van der Waals surface area (Å²) in [6.45, 7) is 9.65. The fourth-order valence-electron chi connectivity index (χ4n) is 2.46. The third-order valence-electron chi connectivity index (χ3n) is 4.16. The number of oxime groups is 1. The zero-order chi connectivity index (χ0) is 17.7. The van der Waals surface area contributed by atoms with Gasteiger partial charge in [0.1, 0.15) is 0 Å². The third kappa shape index (κ3) is 10.4. The molecule has 0 spiro atoms. The fraction of sp³-hybridized carbons (Fsp3) is 0.895. The van der Waals surface area contributed by atoms with Gasteiger partial charge in [-0.05, 0) is 33.6 Å². The van der Waals surface area contributed by atoms with Gasteiger partial charge >= 0.3 is 5.97 Å². The molecule has 0 amide bonds. The molecular weight excluding hydrogens is 290 g/mol. The summed E-state index contributed by atoms with van der Waals surface area (Å²) in [4.78, 5) is 11.9. The summed E-state index contributed by atoms with van der Waals surface area (Å²) < 4.78 is 5.30. The van der Waals surface area contributed by atoms with Gasteiger partial charge in [0, 0.05) is 5.92 Å². The van der Waals surface area contributed by atoms with Gasteiger partial charge in [0.05, 0.1) is 5.41 Å². The highest BCUT2D eigenvalue weighted by Crippen LogP contribution is 2.21. The van der Waals surface area contributed by atoms with Crippen LogP contribution in [0.3, 0.4) is 0 Å². The molecule has 1 N–H and O–H groups in total. The largest absolute Gasteiger partial charge is 0.408 e. The van der Waals surface area contributed by atoms with E-state index >= 15 is 0 Å². The van der Waals surface area contributed by atoms with Gasteiger partial charge < -0.3 is 9.94 Å². The number of esters is 1. The number of hydrogen-bond donors (Lipinski definition) is 1. The number of unbranched alkanes of at least 4 members (excludes halogenated alkanes) is 7. The molecule has 0 bridgehead atoms. The molecule has 0 aromatic rings. The Morgan fingerprint density at radius 2 is 1.52 bits per heavy atom. The molecule has 0 saturated carbocycles. The molecule has 0 aromatic heterocycles. The average molecular weight is 328 g/mol. The lowest BCUT2D eigenvalue weighted by molar-refractivity contribution is -0.144. The number of carbonyl (C=O) groups is 1. The van der Waals surface area contributed by atoms with Crippen LogP contribution in [-0.4, -0.2) is 17.1 Å². The lowest BCUT2D eigenvalue weighted by Gasteiger charge is -2.20. The smallest absolute Gasteiger partial charge is 0.317 e. The molecule has 0 heterocycles. The summed E-state index contributed by atoms with van der Waals surface area (Å²) in [7, 11) is 0. The molecule has 0 rings (SSSR count). The maximum absolute atomic E-state index is 11.9. The van der Waals surface area contributed by atoms with Crippen molar-refractivity contribution in [1.82, 2.24) is 0 Å². The van der Waals surface area contributed by atoms with Crippen molar-refractivity contribution in [3.8, 4) is 0 Å². The molecule has 136 valence electrons. The van der Waals surface area contributed by atoms with Crippen LogP contribution in [0.15, 0.2) is 5.16 Å². The van der Waals surface area contributed by atoms with E-state index in [4.69, 9.17) is 4.74 Å². The van der Waals surface area contributed by atoms with Gasteiger partial charge in [0.15, 0.2) is 0 Å². The molecule has 23 heavy (non-hydrogen) atoms. The molecule has 4 heteroatoms. The molecule has 0 saturated heterocycles. The Hall–Kier alpha value is -1.06. The number of ether oxygens (including phenoxy) is 1. The topological polar surface area (TPSA) is 58.9 Å². The van der Waals surface area contributed by atoms with Crippen molar-refractivity contribution in [1.29, 1.82) is 0 Å². The lowest BCUT2D eigenvalue weighted by atomic mass is 9.95. The van der Waals surface area contributed by atoms with Gasteiger partial charge in [-0.2, -0.15) is 0 Å². The second-order valence-electron chi connectivity index (χ2n) is 7.45. The quantitative estimate of drug-likeness (QED) is 0.128. The molecular formula is C19H37NO3. The zero-order valence-electron chi connectivity index (χ0n) is 15.9. The summed E-state index contributed by atoms with van der Waals surface area (Å²) in [5.41, 5.74) is -0.591. The van der Waals surface area contributed by atoms with Crippen molar-refractivity contribution in [2.75, 3.05) is 0 Å². The summed E-state index contributed by atoms with van der Waals surface area (Å²) in [5.74, 6) is -0.151. The minimum absolute atomic E-state index is 0.0198. The number of hydrogen-bond acceptors (Lipinski definition) is 4. The molecule has 0 aliphatic carbocycles. The standard InChI is InChI=1S/C19H37NO3/c1-6-8-9-10-11-12-13-14-15-16(7-2)17(20-22)23-18(21)19(3,4)5/h16,22H,6-15H2,1-5H3. The van der Waals surface area contributed by atoms with Crippen LogP contribution in [0.1, 0.15) is 98.8 Å². The van der Waals surface area contributed by atoms with Crippen molar-refractivity contribution in [2.45, 2.75) is 98.8 Å². The van der Waals surface area contributed by atoms with Crippen LogP contribution in [0.4, 0.5) is 0 Å². The van der Waals surface area contributed by atoms with E-state index in [-0.39, 0.29) is 17.8 Å². The highest BCUT2D eigenvalue weighted by atomic mass is 16.6. The van der Waals surface area contributed by atoms with Gasteiger partial charge in [0.25, 0.3) is 0 Å². The Labute approximate surface area is 142 Å². The second-order valence-corrected chi connectivity index (χ2v) is 7.45. The molecule has 1 unspecified atom stereocenters. The van der Waals surface area contributed by atoms with Gasteiger partial charge in [-0.15, -0.1) is 0 Å². The van der Waals surface area contributed by atoms with Crippen LogP contribution in [0.5, 0.6) is 0 Å². The highest BCUT2D eigenvalue weighted by Gasteiger charge is 2.28. The Morgan fingerprint density at radius 3 is 1.96 bits per heavy atom. The van der Waals surface area contributed by atoms with Gasteiger partial charge in [-0.3, -0.25) is 4.79 Å². The predicted molar refractivity (Wildman–Crippen MR) is 95.8 cm³/mol.